The van der Waals surface area contributed by atoms with Crippen LogP contribution in [-0.2, 0) is 5.41 Å². The third-order valence-electron chi connectivity index (χ3n) is 5.18. The molecule has 1 heteroatoms. The van der Waals surface area contributed by atoms with E-state index >= 15 is 0 Å². The van der Waals surface area contributed by atoms with Gasteiger partial charge in [-0.25, -0.2) is 0 Å². The van der Waals surface area contributed by atoms with Gasteiger partial charge in [0.05, 0.1) is 0 Å². The van der Waals surface area contributed by atoms with Crippen LogP contribution in [-0.4, -0.2) is 0 Å². The topological polar surface area (TPSA) is 0 Å². The molecule has 0 amide bonds. The Morgan fingerprint density at radius 1 is 0.958 bits per heavy atom. The zero-order valence-corrected chi connectivity index (χ0v) is 16.7. The molecule has 0 bridgehead atoms. The molecule has 122 valence electrons. The number of rotatable bonds is 1. The summed E-state index contributed by atoms with van der Waals surface area (Å²) in [4.78, 5) is 0. The molecule has 1 aliphatic rings. The summed E-state index contributed by atoms with van der Waals surface area (Å²) in [5, 5.41) is 0. The van der Waals surface area contributed by atoms with Crippen LogP contribution in [0, 0.1) is 9.49 Å². The smallest absolute Gasteiger partial charge is 0.0130 e. The van der Waals surface area contributed by atoms with Crippen molar-refractivity contribution in [1.82, 2.24) is 0 Å². The molecule has 2 aromatic rings. The monoisotopic (exact) mass is 426 g/mol. The minimum absolute atomic E-state index is 0.0417. The van der Waals surface area contributed by atoms with Crippen LogP contribution in [0.15, 0.2) is 73.3 Å². The van der Waals surface area contributed by atoms with E-state index in [0.717, 1.165) is 5.57 Å². The summed E-state index contributed by atoms with van der Waals surface area (Å²) in [6.07, 6.45) is 8.63. The molecule has 0 nitrogen and oxygen atoms in total. The molecule has 0 aromatic heterocycles. The average molecular weight is 426 g/mol. The molecule has 2 aromatic carbocycles. The highest BCUT2D eigenvalue weighted by molar-refractivity contribution is 14.1. The molecule has 0 heterocycles. The van der Waals surface area contributed by atoms with Crippen molar-refractivity contribution in [3.8, 4) is 11.1 Å². The van der Waals surface area contributed by atoms with Gasteiger partial charge in [-0.15, -0.1) is 0 Å². The number of fused-ring (bicyclic) bond motifs is 1. The van der Waals surface area contributed by atoms with Crippen LogP contribution in [0.2, 0.25) is 0 Å². The maximum atomic E-state index is 4.28. The number of hydrogen-bond acceptors (Lipinski definition) is 0. The van der Waals surface area contributed by atoms with Crippen LogP contribution >= 0.6 is 22.6 Å². The Morgan fingerprint density at radius 2 is 1.62 bits per heavy atom. The Kier molecular flexibility index (Phi) is 4.82. The van der Waals surface area contributed by atoms with Crippen molar-refractivity contribution in [3.63, 3.8) is 0 Å². The molecule has 3 rings (SSSR count). The van der Waals surface area contributed by atoms with Gasteiger partial charge in [-0.2, -0.15) is 0 Å². The molecule has 0 radical (unpaired) electrons. The summed E-state index contributed by atoms with van der Waals surface area (Å²) in [6.45, 7) is 11.2. The van der Waals surface area contributed by atoms with Crippen LogP contribution in [0.5, 0.6) is 0 Å². The largest absolute Gasteiger partial charge is 0.0911 e. The Labute approximate surface area is 159 Å². The summed E-state index contributed by atoms with van der Waals surface area (Å²) < 4.78 is 1.26. The van der Waals surface area contributed by atoms with E-state index in [4.69, 9.17) is 0 Å². The van der Waals surface area contributed by atoms with Crippen molar-refractivity contribution in [3.05, 3.63) is 88.0 Å². The number of allylic oxidation sites excluding steroid dienone is 5. The summed E-state index contributed by atoms with van der Waals surface area (Å²) in [5.41, 5.74) is 6.27. The highest BCUT2D eigenvalue weighted by atomic mass is 127. The van der Waals surface area contributed by atoms with E-state index in [1.807, 2.05) is 0 Å². The third-order valence-corrected chi connectivity index (χ3v) is 5.90. The van der Waals surface area contributed by atoms with Crippen LogP contribution in [0.1, 0.15) is 31.9 Å². The van der Waals surface area contributed by atoms with E-state index in [-0.39, 0.29) is 5.41 Å². The minimum atomic E-state index is 0.0417. The lowest BCUT2D eigenvalue weighted by atomic mass is 9.71. The SMILES string of the molecule is C=C1/C=C\C=C/C(C)C(C)(C)c2cc(-c3ccc(I)cc3)ccc21. The molecule has 0 saturated heterocycles. The van der Waals surface area contributed by atoms with Gasteiger partial charge >= 0.3 is 0 Å². The van der Waals surface area contributed by atoms with E-state index in [0.29, 0.717) is 5.92 Å². The molecule has 1 aliphatic carbocycles. The van der Waals surface area contributed by atoms with Gasteiger partial charge in [0.2, 0.25) is 0 Å². The summed E-state index contributed by atoms with van der Waals surface area (Å²) in [7, 11) is 0. The molecule has 1 unspecified atom stereocenters. The van der Waals surface area contributed by atoms with Gasteiger partial charge in [-0.1, -0.05) is 75.9 Å². The molecule has 0 saturated carbocycles. The van der Waals surface area contributed by atoms with Crippen LogP contribution in [0.3, 0.4) is 0 Å². The fourth-order valence-corrected chi connectivity index (χ4v) is 3.52. The van der Waals surface area contributed by atoms with E-state index in [1.54, 1.807) is 0 Å². The predicted molar refractivity (Wildman–Crippen MR) is 114 cm³/mol. The third kappa shape index (κ3) is 3.27. The minimum Gasteiger partial charge on any atom is -0.0911 e. The van der Waals surface area contributed by atoms with Gasteiger partial charge in [-0.05, 0) is 79.9 Å². The Bertz CT molecular complexity index is 820. The fraction of sp³-hybridized carbons (Fsp3) is 0.217. The molecule has 0 fully saturated rings. The second-order valence-electron chi connectivity index (χ2n) is 7.05. The quantitative estimate of drug-likeness (QED) is 0.430. The zero-order valence-electron chi connectivity index (χ0n) is 14.5. The van der Waals surface area contributed by atoms with Crippen molar-refractivity contribution in [2.24, 2.45) is 5.92 Å². The van der Waals surface area contributed by atoms with Gasteiger partial charge in [0, 0.05) is 3.57 Å². The second-order valence-corrected chi connectivity index (χ2v) is 8.29. The molecular formula is C23H23I. The van der Waals surface area contributed by atoms with E-state index in [2.05, 4.69) is 117 Å². The average Bonchev–Trinajstić information content (AvgIpc) is 2.61. The lowest BCUT2D eigenvalue weighted by Gasteiger charge is -2.33. The Balaban J connectivity index is 2.19. The van der Waals surface area contributed by atoms with Crippen molar-refractivity contribution in [1.29, 1.82) is 0 Å². The Morgan fingerprint density at radius 3 is 2.33 bits per heavy atom. The van der Waals surface area contributed by atoms with Crippen molar-refractivity contribution < 1.29 is 0 Å². The highest BCUT2D eigenvalue weighted by Crippen LogP contribution is 2.40. The van der Waals surface area contributed by atoms with Crippen molar-refractivity contribution >= 4 is 28.2 Å². The Hall–Kier alpha value is -1.61. The summed E-state index contributed by atoms with van der Waals surface area (Å²) in [5.74, 6) is 0.443. The molecule has 0 spiro atoms. The van der Waals surface area contributed by atoms with E-state index in [1.165, 1.54) is 25.8 Å². The summed E-state index contributed by atoms with van der Waals surface area (Å²) in [6, 6.07) is 15.5. The first-order valence-electron chi connectivity index (χ1n) is 8.34. The van der Waals surface area contributed by atoms with Gasteiger partial charge in [0.15, 0.2) is 0 Å². The first-order valence-corrected chi connectivity index (χ1v) is 9.42. The molecule has 24 heavy (non-hydrogen) atoms. The fourth-order valence-electron chi connectivity index (χ4n) is 3.16. The van der Waals surface area contributed by atoms with Crippen LogP contribution in [0.25, 0.3) is 16.7 Å². The second kappa shape index (κ2) is 6.72. The van der Waals surface area contributed by atoms with Gasteiger partial charge in [0.25, 0.3) is 0 Å². The standard InChI is InChI=1S/C23H23I/c1-16-7-5-6-8-17(2)23(3,4)22-15-19(11-14-21(16)22)18-9-12-20(24)13-10-18/h5-15,17H,1H2,2-4H3/b7-5-,8-6-. The highest BCUT2D eigenvalue weighted by Gasteiger charge is 2.29. The van der Waals surface area contributed by atoms with Crippen molar-refractivity contribution in [2.45, 2.75) is 26.2 Å². The lowest BCUT2D eigenvalue weighted by molar-refractivity contribution is 0.409. The normalized spacial score (nSPS) is 22.0. The summed E-state index contributed by atoms with van der Waals surface area (Å²) >= 11 is 2.35. The number of hydrogen-bond donors (Lipinski definition) is 0. The molecule has 0 N–H and O–H groups in total. The zero-order chi connectivity index (χ0) is 17.3. The van der Waals surface area contributed by atoms with Gasteiger partial charge in [-0.3, -0.25) is 0 Å². The molecule has 0 aliphatic heterocycles. The van der Waals surface area contributed by atoms with Crippen molar-refractivity contribution in [2.75, 3.05) is 0 Å². The number of benzene rings is 2. The van der Waals surface area contributed by atoms with Crippen LogP contribution < -0.4 is 0 Å². The lowest BCUT2D eigenvalue weighted by Crippen LogP contribution is -2.26. The van der Waals surface area contributed by atoms with E-state index in [9.17, 15) is 0 Å². The van der Waals surface area contributed by atoms with Gasteiger partial charge in [0.1, 0.15) is 0 Å². The van der Waals surface area contributed by atoms with Crippen LogP contribution in [0.4, 0.5) is 0 Å². The molecule has 1 atom stereocenters. The molecular weight excluding hydrogens is 403 g/mol. The maximum absolute atomic E-state index is 4.28. The van der Waals surface area contributed by atoms with Gasteiger partial charge < -0.3 is 0 Å². The predicted octanol–water partition coefficient (Wildman–Crippen LogP) is 7.01. The number of halogens is 1. The van der Waals surface area contributed by atoms with E-state index < -0.39 is 0 Å². The maximum Gasteiger partial charge on any atom is 0.0130 e. The first-order chi connectivity index (χ1) is 11.4. The first kappa shape index (κ1) is 17.2.